The predicted octanol–water partition coefficient (Wildman–Crippen LogP) is 1.51. The number of carboxylic acids is 1. The number of carboxylic acid groups (broad SMARTS) is 1. The summed E-state index contributed by atoms with van der Waals surface area (Å²) in [6.07, 6.45) is 0.624. The van der Waals surface area contributed by atoms with E-state index in [0.29, 0.717) is 12.8 Å². The zero-order chi connectivity index (χ0) is 7.99. The lowest BCUT2D eigenvalue weighted by atomic mass is 10.0. The van der Waals surface area contributed by atoms with Gasteiger partial charge < -0.3 is 5.11 Å². The van der Waals surface area contributed by atoms with Crippen LogP contribution in [0.3, 0.4) is 0 Å². The van der Waals surface area contributed by atoms with Crippen LogP contribution in [-0.4, -0.2) is 17.0 Å². The predicted molar refractivity (Wildman–Crippen MR) is 29.9 cm³/mol. The van der Waals surface area contributed by atoms with E-state index in [4.69, 9.17) is 5.11 Å². The number of halogens is 2. The largest absolute Gasteiger partial charge is 0.477 e. The van der Waals surface area contributed by atoms with E-state index in [1.54, 1.807) is 0 Å². The third kappa shape index (κ3) is 0.786. The first-order valence-corrected chi connectivity index (χ1v) is 3.01. The van der Waals surface area contributed by atoms with Gasteiger partial charge in [-0.05, 0) is 12.8 Å². The molecule has 10 heavy (non-hydrogen) atoms. The van der Waals surface area contributed by atoms with E-state index in [-0.39, 0.29) is 0 Å². The van der Waals surface area contributed by atoms with Crippen molar-refractivity contribution in [3.63, 3.8) is 0 Å². The van der Waals surface area contributed by atoms with Crippen molar-refractivity contribution in [1.29, 1.82) is 0 Å². The van der Waals surface area contributed by atoms with Crippen LogP contribution >= 0.6 is 0 Å². The van der Waals surface area contributed by atoms with Crippen LogP contribution in [0.2, 0.25) is 0 Å². The van der Waals surface area contributed by atoms with Gasteiger partial charge in [-0.3, -0.25) is 0 Å². The molecule has 1 aliphatic rings. The molecule has 1 N–H and O–H groups in total. The molecule has 1 aliphatic carbocycles. The van der Waals surface area contributed by atoms with Gasteiger partial charge in [0.1, 0.15) is 0 Å². The van der Waals surface area contributed by atoms with E-state index in [0.717, 1.165) is 0 Å². The lowest BCUT2D eigenvalue weighted by molar-refractivity contribution is -0.175. The first-order chi connectivity index (χ1) is 4.40. The van der Waals surface area contributed by atoms with Crippen molar-refractivity contribution in [2.24, 2.45) is 5.41 Å². The Labute approximate surface area is 56.8 Å². The topological polar surface area (TPSA) is 37.3 Å². The Bertz CT molecular complexity index is 173. The smallest absolute Gasteiger partial charge is 0.375 e. The Morgan fingerprint density at radius 3 is 2.10 bits per heavy atom. The number of alkyl halides is 2. The summed E-state index contributed by atoms with van der Waals surface area (Å²) in [7, 11) is 0. The normalized spacial score (nSPS) is 22.3. The third-order valence-electron chi connectivity index (χ3n) is 2.03. The molecular formula is C6H8F2O2. The second-order valence-electron chi connectivity index (χ2n) is 2.94. The zero-order valence-electron chi connectivity index (χ0n) is 5.53. The summed E-state index contributed by atoms with van der Waals surface area (Å²) in [6.45, 7) is 1.29. The number of rotatable bonds is 2. The van der Waals surface area contributed by atoms with Crippen molar-refractivity contribution in [3.05, 3.63) is 0 Å². The van der Waals surface area contributed by atoms with Gasteiger partial charge in [0, 0.05) is 5.41 Å². The van der Waals surface area contributed by atoms with Crippen LogP contribution in [0.25, 0.3) is 0 Å². The molecule has 0 spiro atoms. The van der Waals surface area contributed by atoms with E-state index in [1.807, 2.05) is 0 Å². The van der Waals surface area contributed by atoms with Gasteiger partial charge in [-0.1, -0.05) is 6.92 Å². The number of hydrogen-bond acceptors (Lipinski definition) is 1. The SMILES string of the molecule is CC1(C(F)(F)C(=O)O)CC1. The van der Waals surface area contributed by atoms with Gasteiger partial charge in [0.15, 0.2) is 0 Å². The Balaban J connectivity index is 2.77. The van der Waals surface area contributed by atoms with Crippen LogP contribution in [0.15, 0.2) is 0 Å². The van der Waals surface area contributed by atoms with E-state index in [1.165, 1.54) is 6.92 Å². The lowest BCUT2D eigenvalue weighted by Gasteiger charge is -2.17. The molecule has 0 aromatic rings. The average molecular weight is 150 g/mol. The molecule has 0 bridgehead atoms. The van der Waals surface area contributed by atoms with Gasteiger partial charge in [-0.15, -0.1) is 0 Å². The number of aliphatic carboxylic acids is 1. The molecule has 1 fully saturated rings. The molecule has 0 aliphatic heterocycles. The molecular weight excluding hydrogens is 142 g/mol. The molecule has 1 saturated carbocycles. The fourth-order valence-corrected chi connectivity index (χ4v) is 0.760. The van der Waals surface area contributed by atoms with E-state index >= 15 is 0 Å². The van der Waals surface area contributed by atoms with Crippen LogP contribution in [0.5, 0.6) is 0 Å². The second-order valence-corrected chi connectivity index (χ2v) is 2.94. The molecule has 0 radical (unpaired) electrons. The van der Waals surface area contributed by atoms with Crippen molar-refractivity contribution in [2.75, 3.05) is 0 Å². The summed E-state index contributed by atoms with van der Waals surface area (Å²) in [4.78, 5) is 9.96. The maximum Gasteiger partial charge on any atom is 0.375 e. The molecule has 0 amide bonds. The van der Waals surface area contributed by atoms with Crippen LogP contribution in [0.1, 0.15) is 19.8 Å². The Morgan fingerprint density at radius 1 is 1.60 bits per heavy atom. The summed E-state index contributed by atoms with van der Waals surface area (Å²) < 4.78 is 25.0. The molecule has 0 aromatic carbocycles. The fraction of sp³-hybridized carbons (Fsp3) is 0.833. The van der Waals surface area contributed by atoms with Crippen LogP contribution in [0.4, 0.5) is 8.78 Å². The summed E-state index contributed by atoms with van der Waals surface area (Å²) in [5, 5.41) is 8.07. The van der Waals surface area contributed by atoms with Crippen molar-refractivity contribution < 1.29 is 18.7 Å². The first-order valence-electron chi connectivity index (χ1n) is 3.01. The van der Waals surface area contributed by atoms with Crippen molar-refractivity contribution in [1.82, 2.24) is 0 Å². The lowest BCUT2D eigenvalue weighted by Crippen LogP contribution is -2.36. The molecule has 2 nitrogen and oxygen atoms in total. The molecule has 1 rings (SSSR count). The highest BCUT2D eigenvalue weighted by molar-refractivity contribution is 5.77. The Hall–Kier alpha value is -0.670. The van der Waals surface area contributed by atoms with Gasteiger partial charge >= 0.3 is 11.9 Å². The van der Waals surface area contributed by atoms with Crippen molar-refractivity contribution in [3.8, 4) is 0 Å². The summed E-state index contributed by atoms with van der Waals surface area (Å²) in [5.41, 5.74) is -1.27. The van der Waals surface area contributed by atoms with Gasteiger partial charge in [-0.25, -0.2) is 4.79 Å². The average Bonchev–Trinajstić information content (AvgIpc) is 2.48. The second kappa shape index (κ2) is 1.68. The summed E-state index contributed by atoms with van der Waals surface area (Å²) in [5.74, 6) is -5.54. The highest BCUT2D eigenvalue weighted by Crippen LogP contribution is 2.56. The molecule has 4 heteroatoms. The number of carbonyl (C=O) groups is 1. The minimum Gasteiger partial charge on any atom is -0.477 e. The standard InChI is InChI=1S/C6H8F2O2/c1-5(2-3-5)6(7,8)4(9)10/h2-3H2,1H3,(H,9,10). The third-order valence-corrected chi connectivity index (χ3v) is 2.03. The van der Waals surface area contributed by atoms with Gasteiger partial charge in [0.25, 0.3) is 0 Å². The molecule has 0 saturated heterocycles. The molecule has 0 heterocycles. The van der Waals surface area contributed by atoms with Crippen molar-refractivity contribution in [2.45, 2.75) is 25.7 Å². The molecule has 0 atom stereocenters. The fourth-order valence-electron chi connectivity index (χ4n) is 0.760. The molecule has 58 valence electrons. The van der Waals surface area contributed by atoms with E-state index < -0.39 is 17.3 Å². The van der Waals surface area contributed by atoms with Gasteiger partial charge in [0.2, 0.25) is 0 Å². The van der Waals surface area contributed by atoms with Crippen LogP contribution in [-0.2, 0) is 4.79 Å². The van der Waals surface area contributed by atoms with E-state index in [9.17, 15) is 13.6 Å². The Morgan fingerprint density at radius 2 is 2.00 bits per heavy atom. The first kappa shape index (κ1) is 7.44. The van der Waals surface area contributed by atoms with Gasteiger partial charge in [0.05, 0.1) is 0 Å². The Kier molecular flexibility index (Phi) is 1.25. The quantitative estimate of drug-likeness (QED) is 0.647. The summed E-state index contributed by atoms with van der Waals surface area (Å²) >= 11 is 0. The summed E-state index contributed by atoms with van der Waals surface area (Å²) in [6, 6.07) is 0. The maximum absolute atomic E-state index is 12.5. The van der Waals surface area contributed by atoms with Gasteiger partial charge in [-0.2, -0.15) is 8.78 Å². The maximum atomic E-state index is 12.5. The number of hydrogen-bond donors (Lipinski definition) is 1. The van der Waals surface area contributed by atoms with Crippen molar-refractivity contribution >= 4 is 5.97 Å². The minimum atomic E-state index is -3.53. The highest BCUT2D eigenvalue weighted by atomic mass is 19.3. The molecule has 0 aromatic heterocycles. The molecule has 0 unspecified atom stereocenters. The highest BCUT2D eigenvalue weighted by Gasteiger charge is 2.63. The van der Waals surface area contributed by atoms with Crippen LogP contribution < -0.4 is 0 Å². The van der Waals surface area contributed by atoms with Crippen LogP contribution in [0, 0.1) is 5.41 Å². The minimum absolute atomic E-state index is 0.312. The zero-order valence-corrected chi connectivity index (χ0v) is 5.53. The van der Waals surface area contributed by atoms with E-state index in [2.05, 4.69) is 0 Å². The monoisotopic (exact) mass is 150 g/mol.